The minimum Gasteiger partial charge on any atom is -0.348 e. The molecule has 1 aliphatic carbocycles. The van der Waals surface area contributed by atoms with Gasteiger partial charge in [0.2, 0.25) is 5.78 Å². The summed E-state index contributed by atoms with van der Waals surface area (Å²) in [6.07, 6.45) is 13.2. The first-order valence-electron chi connectivity index (χ1n) is 8.30. The van der Waals surface area contributed by atoms with Gasteiger partial charge >= 0.3 is 0 Å². The number of imidazole rings is 1. The quantitative estimate of drug-likeness (QED) is 0.801. The van der Waals surface area contributed by atoms with Gasteiger partial charge in [0.25, 0.3) is 5.91 Å². The van der Waals surface area contributed by atoms with Crippen molar-refractivity contribution in [3.8, 4) is 0 Å². The highest BCUT2D eigenvalue weighted by Gasteiger charge is 2.25. The zero-order valence-electron chi connectivity index (χ0n) is 13.6. The lowest BCUT2D eigenvalue weighted by atomic mass is 9.91. The average molecular weight is 324 g/mol. The molecule has 3 aromatic rings. The third kappa shape index (κ3) is 2.89. The number of rotatable bonds is 3. The Bertz CT molecular complexity index is 826. The molecular weight excluding hydrogens is 304 g/mol. The fourth-order valence-electron chi connectivity index (χ4n) is 3.32. The Labute approximate surface area is 139 Å². The summed E-state index contributed by atoms with van der Waals surface area (Å²) in [4.78, 5) is 20.8. The van der Waals surface area contributed by atoms with Crippen LogP contribution < -0.4 is 5.32 Å². The minimum absolute atomic E-state index is 0.126. The van der Waals surface area contributed by atoms with Gasteiger partial charge in [-0.05, 0) is 44.2 Å². The molecule has 7 nitrogen and oxygen atoms in total. The van der Waals surface area contributed by atoms with E-state index in [1.807, 2.05) is 18.5 Å². The fourth-order valence-corrected chi connectivity index (χ4v) is 3.32. The lowest BCUT2D eigenvalue weighted by Crippen LogP contribution is -2.38. The van der Waals surface area contributed by atoms with E-state index in [0.29, 0.717) is 17.5 Å². The number of nitrogens with zero attached hydrogens (tertiary/aromatic N) is 5. The van der Waals surface area contributed by atoms with E-state index in [1.54, 1.807) is 16.8 Å². The van der Waals surface area contributed by atoms with Crippen LogP contribution in [0.5, 0.6) is 0 Å². The van der Waals surface area contributed by atoms with Crippen LogP contribution in [0.4, 0.5) is 0 Å². The molecule has 1 fully saturated rings. The molecule has 24 heavy (non-hydrogen) atoms. The molecule has 0 bridgehead atoms. The third-order valence-electron chi connectivity index (χ3n) is 4.60. The normalized spacial score (nSPS) is 21.0. The number of hydrogen-bond donors (Lipinski definition) is 1. The molecule has 0 radical (unpaired) electrons. The van der Waals surface area contributed by atoms with Gasteiger partial charge in [0.1, 0.15) is 5.69 Å². The second-order valence-corrected chi connectivity index (χ2v) is 6.43. The highest BCUT2D eigenvalue weighted by Crippen LogP contribution is 2.28. The summed E-state index contributed by atoms with van der Waals surface area (Å²) in [5.74, 6) is 0.416. The van der Waals surface area contributed by atoms with Crippen molar-refractivity contribution in [1.29, 1.82) is 0 Å². The van der Waals surface area contributed by atoms with Crippen molar-refractivity contribution in [3.05, 3.63) is 48.3 Å². The van der Waals surface area contributed by atoms with Gasteiger partial charge in [-0.15, -0.1) is 0 Å². The van der Waals surface area contributed by atoms with Crippen molar-refractivity contribution in [3.63, 3.8) is 0 Å². The smallest absolute Gasteiger partial charge is 0.271 e. The Morgan fingerprint density at radius 3 is 2.79 bits per heavy atom. The maximum atomic E-state index is 12.4. The Morgan fingerprint density at radius 1 is 1.25 bits per heavy atom. The zero-order valence-corrected chi connectivity index (χ0v) is 13.6. The van der Waals surface area contributed by atoms with Crippen LogP contribution in [0.3, 0.4) is 0 Å². The number of amides is 1. The number of carbonyl (C=O) groups excluding carboxylic acids is 1. The fraction of sp³-hybridized carbons (Fsp3) is 0.412. The van der Waals surface area contributed by atoms with Crippen LogP contribution in [0.2, 0.25) is 0 Å². The molecule has 124 valence electrons. The van der Waals surface area contributed by atoms with Crippen molar-refractivity contribution < 1.29 is 4.79 Å². The van der Waals surface area contributed by atoms with E-state index in [-0.39, 0.29) is 11.9 Å². The van der Waals surface area contributed by atoms with Gasteiger partial charge in [-0.25, -0.2) is 9.97 Å². The van der Waals surface area contributed by atoms with E-state index in [0.717, 1.165) is 25.7 Å². The van der Waals surface area contributed by atoms with Gasteiger partial charge in [0.15, 0.2) is 0 Å². The highest BCUT2D eigenvalue weighted by molar-refractivity contribution is 5.92. The first-order valence-corrected chi connectivity index (χ1v) is 8.30. The molecule has 0 atom stereocenters. The van der Waals surface area contributed by atoms with Crippen LogP contribution in [-0.4, -0.2) is 36.1 Å². The Kier molecular flexibility index (Phi) is 3.76. The summed E-state index contributed by atoms with van der Waals surface area (Å²) >= 11 is 0. The molecule has 7 heteroatoms. The van der Waals surface area contributed by atoms with Crippen molar-refractivity contribution in [1.82, 2.24) is 29.5 Å². The number of nitrogens with one attached hydrogen (secondary N) is 1. The summed E-state index contributed by atoms with van der Waals surface area (Å²) in [7, 11) is 0. The molecule has 4 rings (SSSR count). The monoisotopic (exact) mass is 324 g/mol. The molecule has 0 saturated heterocycles. The number of fused-ring (bicyclic) bond motifs is 1. The van der Waals surface area contributed by atoms with E-state index in [9.17, 15) is 4.79 Å². The van der Waals surface area contributed by atoms with Crippen LogP contribution in [0.25, 0.3) is 5.78 Å². The molecule has 3 heterocycles. The molecule has 0 aromatic carbocycles. The molecular formula is C17H20N6O. The van der Waals surface area contributed by atoms with E-state index >= 15 is 0 Å². The Morgan fingerprint density at radius 2 is 2.08 bits per heavy atom. The number of aryl methyl sites for hydroxylation is 1. The predicted molar refractivity (Wildman–Crippen MR) is 88.7 cm³/mol. The van der Waals surface area contributed by atoms with Crippen molar-refractivity contribution in [2.24, 2.45) is 0 Å². The minimum atomic E-state index is -0.126. The maximum Gasteiger partial charge on any atom is 0.271 e. The van der Waals surface area contributed by atoms with Gasteiger partial charge < -0.3 is 5.32 Å². The molecule has 0 aliphatic heterocycles. The SMILES string of the molecule is Cc1cnn(C2CCC(NC(=O)c3cn4cccnc4n3)CC2)c1. The lowest BCUT2D eigenvalue weighted by Gasteiger charge is -2.29. The van der Waals surface area contributed by atoms with Crippen LogP contribution >= 0.6 is 0 Å². The van der Waals surface area contributed by atoms with Crippen LogP contribution in [0.15, 0.2) is 37.1 Å². The summed E-state index contributed by atoms with van der Waals surface area (Å²) in [6, 6.07) is 2.45. The molecule has 0 spiro atoms. The molecule has 1 saturated carbocycles. The summed E-state index contributed by atoms with van der Waals surface area (Å²) < 4.78 is 3.81. The second-order valence-electron chi connectivity index (χ2n) is 6.43. The van der Waals surface area contributed by atoms with E-state index in [1.165, 1.54) is 5.56 Å². The van der Waals surface area contributed by atoms with E-state index < -0.39 is 0 Å². The van der Waals surface area contributed by atoms with Crippen molar-refractivity contribution >= 4 is 11.7 Å². The molecule has 1 N–H and O–H groups in total. The lowest BCUT2D eigenvalue weighted by molar-refractivity contribution is 0.0917. The van der Waals surface area contributed by atoms with E-state index in [4.69, 9.17) is 0 Å². The van der Waals surface area contributed by atoms with Crippen LogP contribution in [0, 0.1) is 6.92 Å². The Balaban J connectivity index is 1.37. The summed E-state index contributed by atoms with van der Waals surface area (Å²) in [5, 5.41) is 7.51. The van der Waals surface area contributed by atoms with Crippen molar-refractivity contribution in [2.75, 3.05) is 0 Å². The van der Waals surface area contributed by atoms with Gasteiger partial charge in [0.05, 0.1) is 12.2 Å². The standard InChI is InChI=1S/C17H20N6O/c1-12-9-19-23(10-12)14-5-3-13(4-6-14)20-16(24)15-11-22-8-2-7-18-17(22)21-15/h2,7-11,13-14H,3-6H2,1H3,(H,20,24). The highest BCUT2D eigenvalue weighted by atomic mass is 16.2. The maximum absolute atomic E-state index is 12.4. The molecule has 1 aliphatic rings. The van der Waals surface area contributed by atoms with Crippen LogP contribution in [-0.2, 0) is 0 Å². The number of hydrogen-bond acceptors (Lipinski definition) is 4. The predicted octanol–water partition coefficient (Wildman–Crippen LogP) is 2.15. The number of carbonyl (C=O) groups is 1. The van der Waals surface area contributed by atoms with Crippen molar-refractivity contribution in [2.45, 2.75) is 44.7 Å². The topological polar surface area (TPSA) is 77.1 Å². The zero-order chi connectivity index (χ0) is 16.5. The van der Waals surface area contributed by atoms with E-state index in [2.05, 4.69) is 38.2 Å². The van der Waals surface area contributed by atoms with Gasteiger partial charge in [-0.1, -0.05) is 0 Å². The first-order chi connectivity index (χ1) is 11.7. The molecule has 1 amide bonds. The van der Waals surface area contributed by atoms with Gasteiger partial charge in [-0.2, -0.15) is 5.10 Å². The number of aromatic nitrogens is 5. The Hall–Kier alpha value is -2.70. The second kappa shape index (κ2) is 6.07. The van der Waals surface area contributed by atoms with Gasteiger partial charge in [0, 0.05) is 30.8 Å². The first kappa shape index (κ1) is 14.9. The summed E-state index contributed by atoms with van der Waals surface area (Å²) in [6.45, 7) is 2.05. The third-order valence-corrected chi connectivity index (χ3v) is 4.60. The van der Waals surface area contributed by atoms with Gasteiger partial charge in [-0.3, -0.25) is 13.9 Å². The van der Waals surface area contributed by atoms with Crippen LogP contribution in [0.1, 0.15) is 47.8 Å². The largest absolute Gasteiger partial charge is 0.348 e. The average Bonchev–Trinajstić information content (AvgIpc) is 3.21. The molecule has 3 aromatic heterocycles. The summed E-state index contributed by atoms with van der Waals surface area (Å²) in [5.41, 5.74) is 1.60. The molecule has 0 unspecified atom stereocenters.